The fourth-order valence-corrected chi connectivity index (χ4v) is 2.43. The molecule has 0 aliphatic rings. The highest BCUT2D eigenvalue weighted by molar-refractivity contribution is 5.83. The summed E-state index contributed by atoms with van der Waals surface area (Å²) in [6.45, 7) is 7.20. The van der Waals surface area contributed by atoms with Gasteiger partial charge in [0, 0.05) is 23.5 Å². The molecule has 6 nitrogen and oxygen atoms in total. The molecule has 0 aliphatic heterocycles. The van der Waals surface area contributed by atoms with Crippen LogP contribution in [0.5, 0.6) is 0 Å². The first-order valence-corrected chi connectivity index (χ1v) is 7.78. The van der Waals surface area contributed by atoms with Gasteiger partial charge in [0.2, 0.25) is 6.10 Å². The van der Waals surface area contributed by atoms with Crippen LogP contribution in [0.25, 0.3) is 0 Å². The average Bonchev–Trinajstić information content (AvgIpc) is 2.91. The van der Waals surface area contributed by atoms with Crippen LogP contribution in [0.2, 0.25) is 0 Å². The molecule has 0 amide bonds. The third-order valence-electron chi connectivity index (χ3n) is 3.62. The molecule has 0 fully saturated rings. The van der Waals surface area contributed by atoms with E-state index in [0.717, 1.165) is 11.3 Å². The summed E-state index contributed by atoms with van der Waals surface area (Å²) in [5.74, 6) is -0.328. The number of furan rings is 1. The zero-order valence-electron chi connectivity index (χ0n) is 14.2. The van der Waals surface area contributed by atoms with Gasteiger partial charge in [-0.3, -0.25) is 9.78 Å². The summed E-state index contributed by atoms with van der Waals surface area (Å²) < 4.78 is 15.9. The van der Waals surface area contributed by atoms with Gasteiger partial charge in [-0.15, -0.1) is 0 Å². The number of hydrogen-bond donors (Lipinski definition) is 0. The number of nitrogens with zero attached hydrogens (tertiary/aromatic N) is 1. The quantitative estimate of drug-likeness (QED) is 0.756. The standard InChI is InChI=1S/C18H21NO5/c1-5-22-18(21)16(14-7-6-8-19-10-14)24-17(20)12(3)15-9-11(2)23-13(15)4/h6-10,12,16H,5H2,1-4H3/t12-,16-/m0/s1. The van der Waals surface area contributed by atoms with Gasteiger partial charge in [-0.05, 0) is 39.8 Å². The number of rotatable bonds is 6. The van der Waals surface area contributed by atoms with Crippen LogP contribution in [-0.4, -0.2) is 23.5 Å². The summed E-state index contributed by atoms with van der Waals surface area (Å²) in [5, 5.41) is 0. The highest BCUT2D eigenvalue weighted by Gasteiger charge is 2.30. The second kappa shape index (κ2) is 7.77. The zero-order chi connectivity index (χ0) is 17.7. The Morgan fingerprint density at radius 1 is 1.29 bits per heavy atom. The lowest BCUT2D eigenvalue weighted by atomic mass is 10.0. The van der Waals surface area contributed by atoms with Gasteiger partial charge in [0.1, 0.15) is 11.5 Å². The lowest BCUT2D eigenvalue weighted by Crippen LogP contribution is -2.24. The number of ether oxygens (including phenoxy) is 2. The maximum atomic E-state index is 12.5. The van der Waals surface area contributed by atoms with Crippen LogP contribution in [0.1, 0.15) is 48.5 Å². The molecular formula is C18H21NO5. The van der Waals surface area contributed by atoms with Crippen molar-refractivity contribution in [2.24, 2.45) is 0 Å². The molecule has 0 saturated heterocycles. The highest BCUT2D eigenvalue weighted by atomic mass is 16.6. The van der Waals surface area contributed by atoms with Crippen molar-refractivity contribution >= 4 is 11.9 Å². The molecule has 2 aromatic rings. The van der Waals surface area contributed by atoms with Gasteiger partial charge in [-0.2, -0.15) is 0 Å². The average molecular weight is 331 g/mol. The van der Waals surface area contributed by atoms with Crippen molar-refractivity contribution in [3.8, 4) is 0 Å². The Bertz CT molecular complexity index is 707. The van der Waals surface area contributed by atoms with Crippen LogP contribution < -0.4 is 0 Å². The molecule has 2 atom stereocenters. The van der Waals surface area contributed by atoms with E-state index in [2.05, 4.69) is 4.98 Å². The lowest BCUT2D eigenvalue weighted by molar-refractivity contribution is -0.169. The summed E-state index contributed by atoms with van der Waals surface area (Å²) >= 11 is 0. The van der Waals surface area contributed by atoms with Crippen LogP contribution in [0.4, 0.5) is 0 Å². The van der Waals surface area contributed by atoms with E-state index in [1.54, 1.807) is 45.2 Å². The van der Waals surface area contributed by atoms with E-state index in [1.807, 2.05) is 6.92 Å². The fourth-order valence-electron chi connectivity index (χ4n) is 2.43. The minimum Gasteiger partial charge on any atom is -0.466 e. The van der Waals surface area contributed by atoms with Gasteiger partial charge in [0.05, 0.1) is 12.5 Å². The molecule has 2 aromatic heterocycles. The van der Waals surface area contributed by atoms with Crippen LogP contribution in [-0.2, 0) is 19.1 Å². The Hall–Kier alpha value is -2.63. The summed E-state index contributed by atoms with van der Waals surface area (Å²) in [4.78, 5) is 28.6. The Labute approximate surface area is 140 Å². The number of carbonyl (C=O) groups excluding carboxylic acids is 2. The third-order valence-corrected chi connectivity index (χ3v) is 3.62. The largest absolute Gasteiger partial charge is 0.466 e. The second-order valence-electron chi connectivity index (χ2n) is 5.45. The lowest BCUT2D eigenvalue weighted by Gasteiger charge is -2.19. The van der Waals surface area contributed by atoms with Crippen LogP contribution in [0, 0.1) is 13.8 Å². The summed E-state index contributed by atoms with van der Waals surface area (Å²) in [5.41, 5.74) is 1.21. The fraction of sp³-hybridized carbons (Fsp3) is 0.389. The molecule has 0 spiro atoms. The molecule has 0 radical (unpaired) electrons. The Kier molecular flexibility index (Phi) is 5.73. The van der Waals surface area contributed by atoms with Crippen LogP contribution in [0.3, 0.4) is 0 Å². The van der Waals surface area contributed by atoms with Gasteiger partial charge >= 0.3 is 11.9 Å². The monoisotopic (exact) mass is 331 g/mol. The Morgan fingerprint density at radius 3 is 2.58 bits per heavy atom. The van der Waals surface area contributed by atoms with Crippen molar-refractivity contribution in [1.29, 1.82) is 0 Å². The second-order valence-corrected chi connectivity index (χ2v) is 5.45. The predicted molar refractivity (Wildman–Crippen MR) is 86.3 cm³/mol. The maximum absolute atomic E-state index is 12.5. The van der Waals surface area contributed by atoms with Crippen LogP contribution >= 0.6 is 0 Å². The van der Waals surface area contributed by atoms with Gasteiger partial charge in [0.15, 0.2) is 0 Å². The molecule has 128 valence electrons. The first-order valence-electron chi connectivity index (χ1n) is 7.78. The Balaban J connectivity index is 2.21. The van der Waals surface area contributed by atoms with Gasteiger partial charge < -0.3 is 13.9 Å². The van der Waals surface area contributed by atoms with Crippen molar-refractivity contribution in [1.82, 2.24) is 4.98 Å². The molecule has 2 rings (SSSR count). The van der Waals surface area contributed by atoms with E-state index >= 15 is 0 Å². The van der Waals surface area contributed by atoms with Gasteiger partial charge in [0.25, 0.3) is 0 Å². The summed E-state index contributed by atoms with van der Waals surface area (Å²) in [6.07, 6.45) is 1.92. The number of pyridine rings is 1. The van der Waals surface area contributed by atoms with E-state index < -0.39 is 24.0 Å². The molecule has 6 heteroatoms. The summed E-state index contributed by atoms with van der Waals surface area (Å²) in [7, 11) is 0. The number of aryl methyl sites for hydroxylation is 2. The van der Waals surface area contributed by atoms with E-state index in [-0.39, 0.29) is 6.61 Å². The number of carbonyl (C=O) groups is 2. The van der Waals surface area contributed by atoms with E-state index in [1.165, 1.54) is 6.20 Å². The Morgan fingerprint density at radius 2 is 2.04 bits per heavy atom. The van der Waals surface area contributed by atoms with Crippen molar-refractivity contribution in [3.05, 3.63) is 53.2 Å². The molecular weight excluding hydrogens is 310 g/mol. The summed E-state index contributed by atoms with van der Waals surface area (Å²) in [6, 6.07) is 5.13. The predicted octanol–water partition coefficient (Wildman–Crippen LogP) is 3.24. The topological polar surface area (TPSA) is 78.6 Å². The first kappa shape index (κ1) is 17.7. The number of aromatic nitrogens is 1. The first-order chi connectivity index (χ1) is 11.4. The molecule has 0 aromatic carbocycles. The molecule has 0 unspecified atom stereocenters. The van der Waals surface area contributed by atoms with Crippen molar-refractivity contribution < 1.29 is 23.5 Å². The van der Waals surface area contributed by atoms with E-state index in [9.17, 15) is 9.59 Å². The maximum Gasteiger partial charge on any atom is 0.352 e. The van der Waals surface area contributed by atoms with Gasteiger partial charge in [-0.1, -0.05) is 6.07 Å². The highest BCUT2D eigenvalue weighted by Crippen LogP contribution is 2.27. The molecule has 0 saturated carbocycles. The minimum absolute atomic E-state index is 0.197. The third kappa shape index (κ3) is 4.01. The number of esters is 2. The smallest absolute Gasteiger partial charge is 0.352 e. The van der Waals surface area contributed by atoms with Crippen molar-refractivity contribution in [3.63, 3.8) is 0 Å². The molecule has 0 aliphatic carbocycles. The normalized spacial score (nSPS) is 13.2. The van der Waals surface area contributed by atoms with Crippen molar-refractivity contribution in [2.45, 2.75) is 39.7 Å². The zero-order valence-corrected chi connectivity index (χ0v) is 14.2. The minimum atomic E-state index is -1.14. The van der Waals surface area contributed by atoms with E-state index in [4.69, 9.17) is 13.9 Å². The molecule has 0 bridgehead atoms. The van der Waals surface area contributed by atoms with Crippen molar-refractivity contribution in [2.75, 3.05) is 6.61 Å². The molecule has 2 heterocycles. The molecule has 24 heavy (non-hydrogen) atoms. The van der Waals surface area contributed by atoms with Gasteiger partial charge in [-0.25, -0.2) is 4.79 Å². The van der Waals surface area contributed by atoms with E-state index in [0.29, 0.717) is 11.3 Å². The molecule has 0 N–H and O–H groups in total. The SMILES string of the molecule is CCOC(=O)[C@@H](OC(=O)[C@@H](C)c1cc(C)oc1C)c1cccnc1. The number of hydrogen-bond acceptors (Lipinski definition) is 6. The van der Waals surface area contributed by atoms with Crippen LogP contribution in [0.15, 0.2) is 35.0 Å².